The van der Waals surface area contributed by atoms with Gasteiger partial charge in [-0.2, -0.15) is 0 Å². The van der Waals surface area contributed by atoms with Crippen molar-refractivity contribution in [3.8, 4) is 5.75 Å². The zero-order chi connectivity index (χ0) is 21.1. The summed E-state index contributed by atoms with van der Waals surface area (Å²) in [6.45, 7) is 6.69. The summed E-state index contributed by atoms with van der Waals surface area (Å²) in [5, 5.41) is 13.4. The second kappa shape index (κ2) is 9.01. The number of thiophene rings is 1. The molecule has 0 saturated carbocycles. The third-order valence-corrected chi connectivity index (χ3v) is 6.33. The molecule has 0 aliphatic carbocycles. The molecule has 1 unspecified atom stereocenters. The Balaban J connectivity index is 2.16. The van der Waals surface area contributed by atoms with Crippen molar-refractivity contribution >= 4 is 40.4 Å². The van der Waals surface area contributed by atoms with Crippen molar-refractivity contribution in [2.24, 2.45) is 0 Å². The summed E-state index contributed by atoms with van der Waals surface area (Å²) in [5.74, 6) is -1.03. The number of halogens is 1. The van der Waals surface area contributed by atoms with Gasteiger partial charge in [-0.15, -0.1) is 11.3 Å². The number of benzene rings is 1. The van der Waals surface area contributed by atoms with Crippen molar-refractivity contribution in [3.05, 3.63) is 56.2 Å². The molecular formula is C22H24ClNO4S. The lowest BCUT2D eigenvalue weighted by molar-refractivity contribution is -0.139. The molecule has 1 saturated heterocycles. The number of likely N-dealkylation sites (tertiary alicyclic amines) is 1. The first-order valence-corrected chi connectivity index (χ1v) is 10.9. The summed E-state index contributed by atoms with van der Waals surface area (Å²) in [5.41, 5.74) is 1.49. The molecule has 7 heteroatoms. The Morgan fingerprint density at radius 3 is 2.66 bits per heavy atom. The molecule has 0 radical (unpaired) electrons. The minimum absolute atomic E-state index is 0.112. The van der Waals surface area contributed by atoms with Gasteiger partial charge in [0.2, 0.25) is 0 Å². The van der Waals surface area contributed by atoms with Crippen LogP contribution in [0.4, 0.5) is 0 Å². The monoisotopic (exact) mass is 433 g/mol. The third-order valence-electron chi connectivity index (χ3n) is 4.95. The zero-order valence-corrected chi connectivity index (χ0v) is 18.3. The number of hydrogen-bond donors (Lipinski definition) is 1. The molecule has 0 bridgehead atoms. The summed E-state index contributed by atoms with van der Waals surface area (Å²) in [6, 6.07) is 6.19. The van der Waals surface area contributed by atoms with Crippen LogP contribution >= 0.6 is 22.9 Å². The van der Waals surface area contributed by atoms with Gasteiger partial charge in [0, 0.05) is 17.0 Å². The highest BCUT2D eigenvalue weighted by atomic mass is 35.5. The number of nitrogens with zero attached hydrogens (tertiary/aromatic N) is 1. The largest absolute Gasteiger partial charge is 0.507 e. The van der Waals surface area contributed by atoms with Crippen molar-refractivity contribution in [1.82, 2.24) is 4.90 Å². The van der Waals surface area contributed by atoms with Gasteiger partial charge < -0.3 is 14.7 Å². The molecule has 1 aromatic carbocycles. The first kappa shape index (κ1) is 21.4. The normalized spacial score (nSPS) is 18.5. The van der Waals surface area contributed by atoms with Gasteiger partial charge in [0.1, 0.15) is 11.5 Å². The summed E-state index contributed by atoms with van der Waals surface area (Å²) in [7, 11) is 0. The van der Waals surface area contributed by atoms with Gasteiger partial charge in [0.05, 0.1) is 23.2 Å². The minimum Gasteiger partial charge on any atom is -0.507 e. The van der Waals surface area contributed by atoms with Crippen LogP contribution in [0, 0.1) is 6.92 Å². The number of aryl methyl sites for hydroxylation is 1. The molecule has 2 heterocycles. The molecule has 29 heavy (non-hydrogen) atoms. The standard InChI is InChI=1S/C22H24ClNO4S/c1-4-6-10-24-18(21-13(3)9-11-29-21)17(20(26)22(24)27)19(25)14-7-8-15(23)16(12-14)28-5-2/h7-9,11-12,18,25H,4-6,10H2,1-3H3/b19-17-. The average Bonchev–Trinajstić information content (AvgIpc) is 3.23. The molecule has 3 rings (SSSR count). The Bertz CT molecular complexity index is 965. The van der Waals surface area contributed by atoms with Crippen molar-refractivity contribution in [1.29, 1.82) is 0 Å². The fourth-order valence-corrected chi connectivity index (χ4v) is 4.67. The average molecular weight is 434 g/mol. The number of ether oxygens (including phenoxy) is 1. The summed E-state index contributed by atoms with van der Waals surface area (Å²) >= 11 is 7.63. The number of aliphatic hydroxyl groups excluding tert-OH is 1. The number of aliphatic hydroxyl groups is 1. The van der Waals surface area contributed by atoms with Crippen LogP contribution in [0.1, 0.15) is 48.7 Å². The molecule has 1 atom stereocenters. The molecule has 1 aliphatic heterocycles. The van der Waals surface area contributed by atoms with E-state index in [4.69, 9.17) is 16.3 Å². The van der Waals surface area contributed by atoms with Gasteiger partial charge in [-0.25, -0.2) is 0 Å². The van der Waals surface area contributed by atoms with E-state index in [1.807, 2.05) is 32.2 Å². The van der Waals surface area contributed by atoms with E-state index in [0.29, 0.717) is 29.5 Å². The van der Waals surface area contributed by atoms with E-state index in [1.165, 1.54) is 11.3 Å². The quantitative estimate of drug-likeness (QED) is 0.364. The number of hydrogen-bond acceptors (Lipinski definition) is 5. The van der Waals surface area contributed by atoms with Crippen LogP contribution in [0.2, 0.25) is 5.02 Å². The van der Waals surface area contributed by atoms with Crippen molar-refractivity contribution < 1.29 is 19.4 Å². The maximum atomic E-state index is 12.9. The Labute approximate surface area is 179 Å². The van der Waals surface area contributed by atoms with E-state index in [9.17, 15) is 14.7 Å². The summed E-state index contributed by atoms with van der Waals surface area (Å²) < 4.78 is 5.50. The van der Waals surface area contributed by atoms with Gasteiger partial charge in [-0.3, -0.25) is 9.59 Å². The SMILES string of the molecule is CCCCN1C(=O)C(=O)/C(=C(\O)c2ccc(Cl)c(OCC)c2)C1c1sccc1C. The van der Waals surface area contributed by atoms with E-state index in [1.54, 1.807) is 23.1 Å². The fourth-order valence-electron chi connectivity index (χ4n) is 3.45. The molecule has 2 aromatic rings. The molecule has 1 fully saturated rings. The van der Waals surface area contributed by atoms with E-state index >= 15 is 0 Å². The number of ketones is 1. The molecule has 0 spiro atoms. The van der Waals surface area contributed by atoms with E-state index in [-0.39, 0.29) is 11.3 Å². The number of carbonyl (C=O) groups excluding carboxylic acids is 2. The summed E-state index contributed by atoms with van der Waals surface area (Å²) in [6.07, 6.45) is 1.68. The second-order valence-electron chi connectivity index (χ2n) is 6.89. The molecule has 1 aliphatic rings. The predicted octanol–water partition coefficient (Wildman–Crippen LogP) is 5.33. The number of unbranched alkanes of at least 4 members (excludes halogenated alkanes) is 1. The van der Waals surface area contributed by atoms with Crippen LogP contribution in [0.5, 0.6) is 5.75 Å². The fraction of sp³-hybridized carbons (Fsp3) is 0.364. The van der Waals surface area contributed by atoms with Crippen LogP contribution in [-0.2, 0) is 9.59 Å². The summed E-state index contributed by atoms with van der Waals surface area (Å²) in [4.78, 5) is 28.2. The first-order valence-electron chi connectivity index (χ1n) is 9.65. The molecule has 5 nitrogen and oxygen atoms in total. The third kappa shape index (κ3) is 4.05. The van der Waals surface area contributed by atoms with Crippen LogP contribution < -0.4 is 4.74 Å². The second-order valence-corrected chi connectivity index (χ2v) is 8.25. The lowest BCUT2D eigenvalue weighted by atomic mass is 9.98. The Hall–Kier alpha value is -2.31. The van der Waals surface area contributed by atoms with E-state index in [2.05, 4.69) is 0 Å². The van der Waals surface area contributed by atoms with Crippen LogP contribution in [0.15, 0.2) is 35.2 Å². The van der Waals surface area contributed by atoms with E-state index in [0.717, 1.165) is 23.3 Å². The van der Waals surface area contributed by atoms with Gasteiger partial charge >= 0.3 is 0 Å². The number of carbonyl (C=O) groups is 2. The first-order chi connectivity index (χ1) is 13.9. The van der Waals surface area contributed by atoms with E-state index < -0.39 is 17.7 Å². The zero-order valence-electron chi connectivity index (χ0n) is 16.7. The predicted molar refractivity (Wildman–Crippen MR) is 116 cm³/mol. The van der Waals surface area contributed by atoms with Crippen LogP contribution in [0.25, 0.3) is 5.76 Å². The maximum Gasteiger partial charge on any atom is 0.295 e. The lowest BCUT2D eigenvalue weighted by Crippen LogP contribution is -2.30. The van der Waals surface area contributed by atoms with Gasteiger partial charge in [0.15, 0.2) is 0 Å². The molecule has 154 valence electrons. The van der Waals surface area contributed by atoms with Crippen molar-refractivity contribution in [2.75, 3.05) is 13.2 Å². The number of rotatable bonds is 7. The topological polar surface area (TPSA) is 66.8 Å². The Kier molecular flexibility index (Phi) is 6.65. The number of Topliss-reactive ketones (excluding diaryl/α,β-unsaturated/α-hetero) is 1. The lowest BCUT2D eigenvalue weighted by Gasteiger charge is -2.24. The van der Waals surface area contributed by atoms with Gasteiger partial charge in [0.25, 0.3) is 11.7 Å². The smallest absolute Gasteiger partial charge is 0.295 e. The Morgan fingerprint density at radius 2 is 2.03 bits per heavy atom. The highest BCUT2D eigenvalue weighted by Gasteiger charge is 2.46. The highest BCUT2D eigenvalue weighted by molar-refractivity contribution is 7.10. The molecule has 1 amide bonds. The van der Waals surface area contributed by atoms with Crippen molar-refractivity contribution in [3.63, 3.8) is 0 Å². The highest BCUT2D eigenvalue weighted by Crippen LogP contribution is 2.43. The van der Waals surface area contributed by atoms with Crippen molar-refractivity contribution in [2.45, 2.75) is 39.7 Å². The minimum atomic E-state index is -0.663. The molecule has 1 aromatic heterocycles. The van der Waals surface area contributed by atoms with Gasteiger partial charge in [-0.05, 0) is 55.5 Å². The molecule has 1 N–H and O–H groups in total. The van der Waals surface area contributed by atoms with Gasteiger partial charge in [-0.1, -0.05) is 24.9 Å². The molecular weight excluding hydrogens is 410 g/mol. The Morgan fingerprint density at radius 1 is 1.28 bits per heavy atom. The van der Waals surface area contributed by atoms with Crippen LogP contribution in [-0.4, -0.2) is 34.8 Å². The van der Waals surface area contributed by atoms with Crippen LogP contribution in [0.3, 0.4) is 0 Å². The number of amides is 1. The maximum absolute atomic E-state index is 12.9.